The molecular formula is C14H12BrF2NO. The Balaban J connectivity index is 2.12. The average Bonchev–Trinajstić information content (AvgIpc) is 2.41. The Bertz CT molecular complexity index is 590. The van der Waals surface area contributed by atoms with E-state index in [-0.39, 0.29) is 24.8 Å². The number of ether oxygens (including phenoxy) is 1. The molecule has 0 saturated heterocycles. The second-order valence-corrected chi connectivity index (χ2v) is 4.85. The van der Waals surface area contributed by atoms with Crippen molar-refractivity contribution in [3.8, 4) is 5.75 Å². The summed E-state index contributed by atoms with van der Waals surface area (Å²) in [5.41, 5.74) is 6.93. The van der Waals surface area contributed by atoms with Gasteiger partial charge in [-0.2, -0.15) is 0 Å². The fourth-order valence-corrected chi connectivity index (χ4v) is 2.07. The Labute approximate surface area is 118 Å². The molecule has 2 rings (SSSR count). The highest BCUT2D eigenvalue weighted by molar-refractivity contribution is 9.10. The van der Waals surface area contributed by atoms with Crippen LogP contribution in [0.2, 0.25) is 0 Å². The zero-order valence-electron chi connectivity index (χ0n) is 10.00. The highest BCUT2D eigenvalue weighted by atomic mass is 79.9. The van der Waals surface area contributed by atoms with Crippen LogP contribution >= 0.6 is 15.9 Å². The van der Waals surface area contributed by atoms with Crippen LogP contribution < -0.4 is 10.5 Å². The molecule has 0 aliphatic rings. The van der Waals surface area contributed by atoms with E-state index in [1.54, 1.807) is 12.1 Å². The van der Waals surface area contributed by atoms with Gasteiger partial charge >= 0.3 is 0 Å². The summed E-state index contributed by atoms with van der Waals surface area (Å²) in [4.78, 5) is 0. The Hall–Kier alpha value is -1.46. The van der Waals surface area contributed by atoms with Crippen molar-refractivity contribution in [3.05, 3.63) is 63.6 Å². The summed E-state index contributed by atoms with van der Waals surface area (Å²) in [5.74, 6) is -0.144. The zero-order chi connectivity index (χ0) is 13.8. The van der Waals surface area contributed by atoms with Crippen molar-refractivity contribution >= 4 is 15.9 Å². The van der Waals surface area contributed by atoms with Crippen molar-refractivity contribution in [2.75, 3.05) is 0 Å². The van der Waals surface area contributed by atoms with Crippen molar-refractivity contribution in [1.82, 2.24) is 0 Å². The van der Waals surface area contributed by atoms with Crippen LogP contribution in [0.1, 0.15) is 11.1 Å². The van der Waals surface area contributed by atoms with Crippen LogP contribution in [0.4, 0.5) is 8.78 Å². The maximum atomic E-state index is 13.1. The van der Waals surface area contributed by atoms with Crippen molar-refractivity contribution in [1.29, 1.82) is 0 Å². The third-order valence-electron chi connectivity index (χ3n) is 2.62. The third-order valence-corrected chi connectivity index (χ3v) is 3.23. The molecule has 0 saturated carbocycles. The van der Waals surface area contributed by atoms with Crippen LogP contribution in [0.25, 0.3) is 0 Å². The molecule has 100 valence electrons. The lowest BCUT2D eigenvalue weighted by Gasteiger charge is -2.11. The minimum absolute atomic E-state index is 0.195. The van der Waals surface area contributed by atoms with E-state index in [1.165, 1.54) is 24.3 Å². The molecule has 0 fully saturated rings. The van der Waals surface area contributed by atoms with Gasteiger partial charge in [0.05, 0.1) is 4.47 Å². The van der Waals surface area contributed by atoms with Crippen molar-refractivity contribution in [3.63, 3.8) is 0 Å². The SMILES string of the molecule is NCc1cc(F)ccc1OCc1ccc(F)c(Br)c1. The van der Waals surface area contributed by atoms with Crippen molar-refractivity contribution in [2.24, 2.45) is 5.73 Å². The van der Waals surface area contributed by atoms with Crippen LogP contribution in [-0.2, 0) is 13.2 Å². The lowest BCUT2D eigenvalue weighted by Crippen LogP contribution is -2.03. The van der Waals surface area contributed by atoms with Crippen molar-refractivity contribution in [2.45, 2.75) is 13.2 Å². The lowest BCUT2D eigenvalue weighted by molar-refractivity contribution is 0.302. The Morgan fingerprint density at radius 2 is 1.89 bits per heavy atom. The number of rotatable bonds is 4. The summed E-state index contributed by atoms with van der Waals surface area (Å²) >= 11 is 3.11. The predicted octanol–water partition coefficient (Wildman–Crippen LogP) is 3.77. The number of benzene rings is 2. The third kappa shape index (κ3) is 3.52. The van der Waals surface area contributed by atoms with E-state index in [0.29, 0.717) is 15.8 Å². The smallest absolute Gasteiger partial charge is 0.137 e. The maximum Gasteiger partial charge on any atom is 0.137 e. The second kappa shape index (κ2) is 6.12. The number of hydrogen-bond donors (Lipinski definition) is 1. The van der Waals surface area contributed by atoms with Gasteiger partial charge in [-0.1, -0.05) is 6.07 Å². The zero-order valence-corrected chi connectivity index (χ0v) is 11.6. The molecule has 2 nitrogen and oxygen atoms in total. The van der Waals surface area contributed by atoms with Crippen molar-refractivity contribution < 1.29 is 13.5 Å². The molecule has 0 aromatic heterocycles. The van der Waals surface area contributed by atoms with E-state index >= 15 is 0 Å². The first-order valence-electron chi connectivity index (χ1n) is 5.65. The Kier molecular flexibility index (Phi) is 4.50. The van der Waals surface area contributed by atoms with Gasteiger partial charge in [-0.25, -0.2) is 8.78 Å². The van der Waals surface area contributed by atoms with E-state index < -0.39 is 0 Å². The summed E-state index contributed by atoms with van der Waals surface area (Å²) in [5, 5.41) is 0. The summed E-state index contributed by atoms with van der Waals surface area (Å²) < 4.78 is 32.1. The van der Waals surface area contributed by atoms with E-state index in [1.807, 2.05) is 0 Å². The van der Waals surface area contributed by atoms with Gasteiger partial charge in [0.1, 0.15) is 24.0 Å². The minimum Gasteiger partial charge on any atom is -0.489 e. The molecule has 19 heavy (non-hydrogen) atoms. The van der Waals surface area contributed by atoms with Gasteiger partial charge in [-0.15, -0.1) is 0 Å². The molecule has 0 amide bonds. The maximum absolute atomic E-state index is 13.1. The molecule has 0 bridgehead atoms. The Morgan fingerprint density at radius 3 is 2.58 bits per heavy atom. The van der Waals surface area contributed by atoms with Gasteiger partial charge < -0.3 is 10.5 Å². The van der Waals surface area contributed by atoms with Crippen LogP contribution in [-0.4, -0.2) is 0 Å². The monoisotopic (exact) mass is 327 g/mol. The first kappa shape index (κ1) is 14.0. The fraction of sp³-hybridized carbons (Fsp3) is 0.143. The first-order valence-corrected chi connectivity index (χ1v) is 6.44. The fourth-order valence-electron chi connectivity index (χ4n) is 1.64. The van der Waals surface area contributed by atoms with E-state index in [4.69, 9.17) is 10.5 Å². The topological polar surface area (TPSA) is 35.2 Å². The van der Waals surface area contributed by atoms with Gasteiger partial charge in [-0.3, -0.25) is 0 Å². The van der Waals surface area contributed by atoms with E-state index in [9.17, 15) is 8.78 Å². The second-order valence-electron chi connectivity index (χ2n) is 3.99. The number of halogens is 3. The molecule has 0 radical (unpaired) electrons. The molecule has 0 aliphatic heterocycles. The summed E-state index contributed by atoms with van der Waals surface area (Å²) in [6.45, 7) is 0.456. The predicted molar refractivity (Wildman–Crippen MR) is 72.7 cm³/mol. The van der Waals surface area contributed by atoms with Gasteiger partial charge in [0.25, 0.3) is 0 Å². The molecule has 5 heteroatoms. The highest BCUT2D eigenvalue weighted by Crippen LogP contribution is 2.22. The largest absolute Gasteiger partial charge is 0.489 e. The highest BCUT2D eigenvalue weighted by Gasteiger charge is 2.06. The molecular weight excluding hydrogens is 316 g/mol. The normalized spacial score (nSPS) is 10.5. The number of nitrogens with two attached hydrogens (primary N) is 1. The molecule has 0 spiro atoms. The van der Waals surface area contributed by atoms with Gasteiger partial charge in [0.2, 0.25) is 0 Å². The minimum atomic E-state index is -0.350. The molecule has 0 heterocycles. The summed E-state index contributed by atoms with van der Waals surface area (Å²) in [6.07, 6.45) is 0. The van der Waals surface area contributed by atoms with Crippen LogP contribution in [0.5, 0.6) is 5.75 Å². The molecule has 0 unspecified atom stereocenters. The molecule has 0 atom stereocenters. The van der Waals surface area contributed by atoms with Gasteiger partial charge in [-0.05, 0) is 51.8 Å². The summed E-state index contributed by atoms with van der Waals surface area (Å²) in [6, 6.07) is 8.82. The molecule has 2 aromatic rings. The van der Waals surface area contributed by atoms with E-state index in [0.717, 1.165) is 5.56 Å². The number of hydrogen-bond acceptors (Lipinski definition) is 2. The van der Waals surface area contributed by atoms with Crippen LogP contribution in [0.15, 0.2) is 40.9 Å². The van der Waals surface area contributed by atoms with Gasteiger partial charge in [0.15, 0.2) is 0 Å². The van der Waals surface area contributed by atoms with Crippen LogP contribution in [0.3, 0.4) is 0 Å². The average molecular weight is 328 g/mol. The quantitative estimate of drug-likeness (QED) is 0.927. The lowest BCUT2D eigenvalue weighted by atomic mass is 10.2. The molecule has 0 aliphatic carbocycles. The molecule has 2 aromatic carbocycles. The van der Waals surface area contributed by atoms with Gasteiger partial charge in [0, 0.05) is 12.1 Å². The Morgan fingerprint density at radius 1 is 1.11 bits per heavy atom. The first-order chi connectivity index (χ1) is 9.10. The standard InChI is InChI=1S/C14H12BrF2NO/c15-12-5-9(1-3-13(12)17)8-19-14-4-2-11(16)6-10(14)7-18/h1-6H,7-8,18H2. The molecule has 2 N–H and O–H groups in total. The van der Waals surface area contributed by atoms with E-state index in [2.05, 4.69) is 15.9 Å². The van der Waals surface area contributed by atoms with Crippen LogP contribution in [0, 0.1) is 11.6 Å². The summed E-state index contributed by atoms with van der Waals surface area (Å²) in [7, 11) is 0.